The number of thiocarbonyl (C=S) groups is 1. The van der Waals surface area contributed by atoms with Crippen molar-refractivity contribution in [1.82, 2.24) is 9.62 Å². The van der Waals surface area contributed by atoms with Gasteiger partial charge in [0.2, 0.25) is 10.0 Å². The van der Waals surface area contributed by atoms with Gasteiger partial charge in [0.25, 0.3) is 0 Å². The SMILES string of the molecule is Cc1cc(S(=O)(=O)N(C)C)cc(NC(=S)N[C@H]2CCCC[C@@H]2C)c1C. The number of rotatable bonds is 4. The molecule has 0 amide bonds. The van der Waals surface area contributed by atoms with Gasteiger partial charge in [0, 0.05) is 25.8 Å². The normalized spacial score (nSPS) is 21.2. The molecule has 1 aliphatic rings. The zero-order valence-electron chi connectivity index (χ0n) is 15.7. The fraction of sp³-hybridized carbons (Fsp3) is 0.611. The van der Waals surface area contributed by atoms with Crippen LogP contribution in [-0.4, -0.2) is 38.0 Å². The van der Waals surface area contributed by atoms with Crippen LogP contribution >= 0.6 is 12.2 Å². The smallest absolute Gasteiger partial charge is 0.242 e. The number of benzene rings is 1. The van der Waals surface area contributed by atoms with Crippen LogP contribution in [0.15, 0.2) is 17.0 Å². The van der Waals surface area contributed by atoms with Gasteiger partial charge in [-0.25, -0.2) is 12.7 Å². The van der Waals surface area contributed by atoms with E-state index in [1.807, 2.05) is 13.8 Å². The second-order valence-electron chi connectivity index (χ2n) is 7.17. The minimum absolute atomic E-state index is 0.275. The fourth-order valence-electron chi connectivity index (χ4n) is 3.17. The van der Waals surface area contributed by atoms with Gasteiger partial charge < -0.3 is 10.6 Å². The maximum atomic E-state index is 12.4. The molecule has 0 unspecified atom stereocenters. The molecule has 1 saturated carbocycles. The molecule has 7 heteroatoms. The van der Waals surface area contributed by atoms with E-state index in [1.54, 1.807) is 12.1 Å². The van der Waals surface area contributed by atoms with Crippen molar-refractivity contribution >= 4 is 33.0 Å². The van der Waals surface area contributed by atoms with Gasteiger partial charge in [-0.3, -0.25) is 0 Å². The number of hydrogen-bond acceptors (Lipinski definition) is 3. The predicted molar refractivity (Wildman–Crippen MR) is 108 cm³/mol. The Morgan fingerprint density at radius 2 is 1.84 bits per heavy atom. The average molecular weight is 384 g/mol. The number of sulfonamides is 1. The van der Waals surface area contributed by atoms with Crippen molar-refractivity contribution in [3.05, 3.63) is 23.3 Å². The molecule has 1 aliphatic carbocycles. The molecule has 1 aromatic rings. The van der Waals surface area contributed by atoms with Crippen molar-refractivity contribution in [2.45, 2.75) is 57.4 Å². The summed E-state index contributed by atoms with van der Waals surface area (Å²) in [6.45, 7) is 6.13. The van der Waals surface area contributed by atoms with E-state index in [-0.39, 0.29) is 4.90 Å². The highest BCUT2D eigenvalue weighted by Crippen LogP contribution is 2.26. The van der Waals surface area contributed by atoms with Crippen LogP contribution in [-0.2, 0) is 10.0 Å². The lowest BCUT2D eigenvalue weighted by Gasteiger charge is -2.30. The summed E-state index contributed by atoms with van der Waals surface area (Å²) in [6, 6.07) is 3.75. The number of anilines is 1. The van der Waals surface area contributed by atoms with Crippen LogP contribution in [0, 0.1) is 19.8 Å². The molecule has 0 spiro atoms. The van der Waals surface area contributed by atoms with Crippen molar-refractivity contribution in [2.24, 2.45) is 5.92 Å². The summed E-state index contributed by atoms with van der Waals surface area (Å²) in [5.74, 6) is 0.594. The maximum absolute atomic E-state index is 12.4. The van der Waals surface area contributed by atoms with Gasteiger partial charge >= 0.3 is 0 Å². The third-order valence-corrected chi connectivity index (χ3v) is 7.11. The summed E-state index contributed by atoms with van der Waals surface area (Å²) in [4.78, 5) is 0.275. The standard InChI is InChI=1S/C18H29N3O2S2/c1-12-8-6-7-9-16(12)19-18(24)20-17-11-15(10-13(2)14(17)3)25(22,23)21(4)5/h10-12,16H,6-9H2,1-5H3,(H2,19,20,24)/t12-,16-/m0/s1. The molecular formula is C18H29N3O2S2. The molecule has 2 N–H and O–H groups in total. The summed E-state index contributed by atoms with van der Waals surface area (Å²) in [5.41, 5.74) is 2.65. The van der Waals surface area contributed by atoms with Crippen LogP contribution in [0.25, 0.3) is 0 Å². The molecular weight excluding hydrogens is 354 g/mol. The first kappa shape index (κ1) is 20.1. The highest BCUT2D eigenvalue weighted by molar-refractivity contribution is 7.89. The van der Waals surface area contributed by atoms with Crippen molar-refractivity contribution in [3.63, 3.8) is 0 Å². The highest BCUT2D eigenvalue weighted by atomic mass is 32.2. The number of nitrogens with zero attached hydrogens (tertiary/aromatic N) is 1. The van der Waals surface area contributed by atoms with Crippen molar-refractivity contribution in [3.8, 4) is 0 Å². The van der Waals surface area contributed by atoms with E-state index in [0.29, 0.717) is 17.1 Å². The van der Waals surface area contributed by atoms with E-state index in [0.717, 1.165) is 23.2 Å². The topological polar surface area (TPSA) is 61.4 Å². The van der Waals surface area contributed by atoms with Crippen molar-refractivity contribution in [2.75, 3.05) is 19.4 Å². The molecule has 2 rings (SSSR count). The lowest BCUT2D eigenvalue weighted by atomic mass is 9.86. The van der Waals surface area contributed by atoms with Gasteiger partial charge in [0.15, 0.2) is 5.11 Å². The van der Waals surface area contributed by atoms with Gasteiger partial charge in [-0.15, -0.1) is 0 Å². The molecule has 1 fully saturated rings. The molecule has 0 heterocycles. The number of aryl methyl sites for hydroxylation is 1. The highest BCUT2D eigenvalue weighted by Gasteiger charge is 2.23. The number of hydrogen-bond donors (Lipinski definition) is 2. The van der Waals surface area contributed by atoms with Crippen molar-refractivity contribution < 1.29 is 8.42 Å². The summed E-state index contributed by atoms with van der Waals surface area (Å²) < 4.78 is 26.1. The second-order valence-corrected chi connectivity index (χ2v) is 9.73. The van der Waals surface area contributed by atoms with Gasteiger partial charge in [-0.05, 0) is 68.1 Å². The zero-order chi connectivity index (χ0) is 18.8. The maximum Gasteiger partial charge on any atom is 0.242 e. The minimum atomic E-state index is -3.48. The summed E-state index contributed by atoms with van der Waals surface area (Å²) in [6.07, 6.45) is 4.84. The van der Waals surface area contributed by atoms with E-state index in [2.05, 4.69) is 17.6 Å². The Morgan fingerprint density at radius 1 is 1.20 bits per heavy atom. The first-order valence-electron chi connectivity index (χ1n) is 8.74. The molecule has 1 aromatic carbocycles. The third-order valence-electron chi connectivity index (χ3n) is 5.10. The molecule has 0 aromatic heterocycles. The van der Waals surface area contributed by atoms with Gasteiger partial charge in [-0.2, -0.15) is 0 Å². The first-order chi connectivity index (χ1) is 11.6. The van der Waals surface area contributed by atoms with Gasteiger partial charge in [0.05, 0.1) is 4.90 Å². The van der Waals surface area contributed by atoms with Gasteiger partial charge in [-0.1, -0.05) is 19.8 Å². The van der Waals surface area contributed by atoms with Crippen LogP contribution in [0.4, 0.5) is 5.69 Å². The van der Waals surface area contributed by atoms with E-state index in [1.165, 1.54) is 37.7 Å². The lowest BCUT2D eigenvalue weighted by molar-refractivity contribution is 0.309. The van der Waals surface area contributed by atoms with E-state index >= 15 is 0 Å². The Hall–Kier alpha value is -1.18. The Balaban J connectivity index is 2.21. The monoisotopic (exact) mass is 383 g/mol. The minimum Gasteiger partial charge on any atom is -0.359 e. The first-order valence-corrected chi connectivity index (χ1v) is 10.6. The Kier molecular flexibility index (Phi) is 6.45. The van der Waals surface area contributed by atoms with E-state index in [4.69, 9.17) is 12.2 Å². The Morgan fingerprint density at radius 3 is 2.44 bits per heavy atom. The molecule has 0 radical (unpaired) electrons. The fourth-order valence-corrected chi connectivity index (χ4v) is 4.45. The lowest BCUT2D eigenvalue weighted by Crippen LogP contribution is -2.43. The largest absolute Gasteiger partial charge is 0.359 e. The quantitative estimate of drug-likeness (QED) is 0.780. The van der Waals surface area contributed by atoms with Gasteiger partial charge in [0.1, 0.15) is 0 Å². The molecule has 0 bridgehead atoms. The molecule has 2 atom stereocenters. The molecule has 140 valence electrons. The predicted octanol–water partition coefficient (Wildman–Crippen LogP) is 3.42. The van der Waals surface area contributed by atoms with Crippen LogP contribution in [0.3, 0.4) is 0 Å². The summed E-state index contributed by atoms with van der Waals surface area (Å²) in [7, 11) is -0.409. The van der Waals surface area contributed by atoms with Crippen LogP contribution in [0.1, 0.15) is 43.7 Å². The second kappa shape index (κ2) is 8.01. The summed E-state index contributed by atoms with van der Waals surface area (Å²) >= 11 is 5.48. The Bertz CT molecular complexity index is 745. The van der Waals surface area contributed by atoms with Crippen molar-refractivity contribution in [1.29, 1.82) is 0 Å². The Labute approximate surface area is 157 Å². The van der Waals surface area contributed by atoms with E-state index in [9.17, 15) is 8.42 Å². The molecule has 25 heavy (non-hydrogen) atoms. The third kappa shape index (κ3) is 4.71. The number of nitrogens with one attached hydrogen (secondary N) is 2. The van der Waals surface area contributed by atoms with Crippen LogP contribution in [0.2, 0.25) is 0 Å². The summed E-state index contributed by atoms with van der Waals surface area (Å²) in [5, 5.41) is 7.17. The van der Waals surface area contributed by atoms with Crippen LogP contribution < -0.4 is 10.6 Å². The van der Waals surface area contributed by atoms with E-state index < -0.39 is 10.0 Å². The molecule has 5 nitrogen and oxygen atoms in total. The molecule has 0 saturated heterocycles. The van der Waals surface area contributed by atoms with Crippen LogP contribution in [0.5, 0.6) is 0 Å². The average Bonchev–Trinajstić information content (AvgIpc) is 2.53. The molecule has 0 aliphatic heterocycles. The zero-order valence-corrected chi connectivity index (χ0v) is 17.4.